The third-order valence-electron chi connectivity index (χ3n) is 4.99. The van der Waals surface area contributed by atoms with Crippen molar-refractivity contribution in [3.05, 3.63) is 28.8 Å². The quantitative estimate of drug-likeness (QED) is 0.835. The maximum atomic E-state index is 12.9. The minimum atomic E-state index is -1.50. The van der Waals surface area contributed by atoms with E-state index >= 15 is 0 Å². The second kappa shape index (κ2) is 5.15. The summed E-state index contributed by atoms with van der Waals surface area (Å²) in [6.45, 7) is 13.2. The van der Waals surface area contributed by atoms with Crippen molar-refractivity contribution in [2.45, 2.75) is 45.2 Å². The first-order chi connectivity index (χ1) is 9.17. The number of rotatable bonds is 3. The average molecular weight is 293 g/mol. The Balaban J connectivity index is 2.29. The molecular weight excluding hydrogens is 265 g/mol. The summed E-state index contributed by atoms with van der Waals surface area (Å²) < 4.78 is 0. The minimum absolute atomic E-state index is 0.0588. The normalized spacial score (nSPS) is 18.3. The fraction of sp³-hybridized carbons (Fsp3) is 0.588. The molecule has 1 aliphatic rings. The molecule has 1 aliphatic carbocycles. The van der Waals surface area contributed by atoms with Crippen LogP contribution in [0.5, 0.6) is 0 Å². The maximum absolute atomic E-state index is 12.9. The van der Waals surface area contributed by atoms with Gasteiger partial charge in [-0.15, -0.1) is 0 Å². The molecule has 112 valence electrons. The first-order valence-electron chi connectivity index (χ1n) is 7.57. The summed E-state index contributed by atoms with van der Waals surface area (Å²) in [5.74, 6) is 0.262. The Bertz CT molecular complexity index is 515. The van der Waals surface area contributed by atoms with Crippen molar-refractivity contribution in [3.8, 4) is 0 Å². The third kappa shape index (κ3) is 2.51. The van der Waals surface area contributed by atoms with Gasteiger partial charge in [-0.2, -0.15) is 0 Å². The molecule has 0 radical (unpaired) electrons. The van der Waals surface area contributed by atoms with Crippen LogP contribution in [-0.4, -0.2) is 31.1 Å². The Kier molecular flexibility index (Phi) is 3.99. The van der Waals surface area contributed by atoms with Gasteiger partial charge < -0.3 is 0 Å². The van der Waals surface area contributed by atoms with Crippen molar-refractivity contribution in [1.82, 2.24) is 0 Å². The van der Waals surface area contributed by atoms with E-state index in [4.69, 9.17) is 0 Å². The van der Waals surface area contributed by atoms with Gasteiger partial charge in [-0.05, 0) is 0 Å². The van der Waals surface area contributed by atoms with Crippen LogP contribution in [0.2, 0.25) is 0 Å². The molecule has 0 atom stereocenters. The van der Waals surface area contributed by atoms with E-state index < -0.39 is 7.26 Å². The molecule has 1 aromatic rings. The van der Waals surface area contributed by atoms with Crippen molar-refractivity contribution in [2.75, 3.05) is 25.3 Å². The van der Waals surface area contributed by atoms with E-state index in [9.17, 15) is 4.79 Å². The van der Waals surface area contributed by atoms with Gasteiger partial charge in [-0.3, -0.25) is 0 Å². The van der Waals surface area contributed by atoms with Crippen molar-refractivity contribution < 1.29 is 4.79 Å². The molecule has 0 bridgehead atoms. The SMILES string of the molecule is Cc1cc(C)c(NC(=O)C2([PH](C)(C)C)CCC2)c(C)c1. The van der Waals surface area contributed by atoms with E-state index in [0.29, 0.717) is 0 Å². The monoisotopic (exact) mass is 293 g/mol. The van der Waals surface area contributed by atoms with Gasteiger partial charge in [0.25, 0.3) is 0 Å². The Morgan fingerprint density at radius 2 is 1.60 bits per heavy atom. The number of carbonyl (C=O) groups excluding carboxylic acids is 1. The Hall–Kier alpha value is -0.880. The summed E-state index contributed by atoms with van der Waals surface area (Å²) in [7, 11) is -1.50. The van der Waals surface area contributed by atoms with Crippen LogP contribution in [0.15, 0.2) is 12.1 Å². The van der Waals surface area contributed by atoms with Crippen LogP contribution in [-0.2, 0) is 4.79 Å². The molecule has 0 saturated heterocycles. The number of aryl methyl sites for hydroxylation is 3. The average Bonchev–Trinajstić information content (AvgIpc) is 2.19. The Labute approximate surface area is 123 Å². The van der Waals surface area contributed by atoms with Gasteiger partial charge in [0.1, 0.15) is 0 Å². The molecule has 1 saturated carbocycles. The second-order valence-corrected chi connectivity index (χ2v) is 12.9. The number of hydrogen-bond acceptors (Lipinski definition) is 1. The number of anilines is 1. The molecule has 1 aromatic carbocycles. The zero-order valence-corrected chi connectivity index (χ0v) is 14.7. The van der Waals surface area contributed by atoms with E-state index in [1.54, 1.807) is 0 Å². The number of hydrogen-bond donors (Lipinski definition) is 1. The van der Waals surface area contributed by atoms with E-state index in [2.05, 4.69) is 58.2 Å². The number of nitrogens with one attached hydrogen (secondary N) is 1. The van der Waals surface area contributed by atoms with Crippen LogP contribution in [0.25, 0.3) is 0 Å². The fourth-order valence-electron chi connectivity index (χ4n) is 3.46. The van der Waals surface area contributed by atoms with Gasteiger partial charge in [-0.1, -0.05) is 0 Å². The Morgan fingerprint density at radius 3 is 1.95 bits per heavy atom. The molecule has 3 heteroatoms. The molecule has 1 fully saturated rings. The van der Waals surface area contributed by atoms with Crippen molar-refractivity contribution in [2.24, 2.45) is 0 Å². The summed E-state index contributed by atoms with van der Waals surface area (Å²) in [6.07, 6.45) is 3.33. The van der Waals surface area contributed by atoms with Crippen LogP contribution in [0, 0.1) is 20.8 Å². The van der Waals surface area contributed by atoms with Crippen LogP contribution < -0.4 is 5.32 Å². The summed E-state index contributed by atoms with van der Waals surface area (Å²) in [6, 6.07) is 4.29. The van der Waals surface area contributed by atoms with Crippen LogP contribution >= 0.6 is 7.26 Å². The van der Waals surface area contributed by atoms with Gasteiger partial charge in [0.05, 0.1) is 0 Å². The summed E-state index contributed by atoms with van der Waals surface area (Å²) >= 11 is 0. The zero-order chi connectivity index (χ0) is 15.1. The predicted octanol–water partition coefficient (Wildman–Crippen LogP) is 4.11. The van der Waals surface area contributed by atoms with Crippen LogP contribution in [0.1, 0.15) is 36.0 Å². The molecule has 0 spiro atoms. The van der Waals surface area contributed by atoms with Gasteiger partial charge in [-0.25, -0.2) is 0 Å². The summed E-state index contributed by atoms with van der Waals surface area (Å²) in [4.78, 5) is 12.9. The zero-order valence-electron chi connectivity index (χ0n) is 13.7. The molecule has 2 nitrogen and oxygen atoms in total. The van der Waals surface area contributed by atoms with E-state index in [-0.39, 0.29) is 11.1 Å². The first-order valence-corrected chi connectivity index (χ1v) is 11.1. The van der Waals surface area contributed by atoms with Crippen molar-refractivity contribution >= 4 is 18.9 Å². The van der Waals surface area contributed by atoms with E-state index in [1.165, 1.54) is 23.1 Å². The predicted molar refractivity (Wildman–Crippen MR) is 92.0 cm³/mol. The molecule has 0 aliphatic heterocycles. The molecular formula is C17H28NOP. The second-order valence-electron chi connectivity index (χ2n) is 7.41. The number of benzene rings is 1. The van der Waals surface area contributed by atoms with E-state index in [0.717, 1.165) is 18.5 Å². The van der Waals surface area contributed by atoms with Crippen molar-refractivity contribution in [3.63, 3.8) is 0 Å². The number of amides is 1. The van der Waals surface area contributed by atoms with Crippen molar-refractivity contribution in [1.29, 1.82) is 0 Å². The molecule has 0 aromatic heterocycles. The standard InChI is InChI=1S/C17H28NOP/c1-12-10-13(2)15(14(3)11-12)18-16(19)17(8-7-9-17)20(4,5)6/h10-11,20H,7-9H2,1-6H3,(H,18,19). The molecule has 20 heavy (non-hydrogen) atoms. The molecule has 0 unspecified atom stereocenters. The third-order valence-corrected chi connectivity index (χ3v) is 8.59. The summed E-state index contributed by atoms with van der Waals surface area (Å²) in [5, 5.41) is 3.19. The van der Waals surface area contributed by atoms with Crippen LogP contribution in [0.4, 0.5) is 5.69 Å². The molecule has 2 rings (SSSR count). The van der Waals surface area contributed by atoms with Gasteiger partial charge in [0, 0.05) is 0 Å². The van der Waals surface area contributed by atoms with Gasteiger partial charge in [0.15, 0.2) is 0 Å². The summed E-state index contributed by atoms with van der Waals surface area (Å²) in [5.41, 5.74) is 4.61. The number of carbonyl (C=O) groups is 1. The molecule has 0 heterocycles. The molecule has 1 N–H and O–H groups in total. The molecule has 1 amide bonds. The topological polar surface area (TPSA) is 29.1 Å². The fourth-order valence-corrected chi connectivity index (χ4v) is 6.06. The van der Waals surface area contributed by atoms with Gasteiger partial charge >= 0.3 is 123 Å². The van der Waals surface area contributed by atoms with Gasteiger partial charge in [0.2, 0.25) is 0 Å². The van der Waals surface area contributed by atoms with E-state index in [1.807, 2.05) is 0 Å². The first kappa shape index (κ1) is 15.5. The van der Waals surface area contributed by atoms with Crippen LogP contribution in [0.3, 0.4) is 0 Å². The Morgan fingerprint density at radius 1 is 1.10 bits per heavy atom.